The van der Waals surface area contributed by atoms with Crippen LogP contribution in [0.15, 0.2) is 24.3 Å². The highest BCUT2D eigenvalue weighted by molar-refractivity contribution is 5.95. The summed E-state index contributed by atoms with van der Waals surface area (Å²) >= 11 is 0. The summed E-state index contributed by atoms with van der Waals surface area (Å²) in [4.78, 5) is 24.6. The number of hydrogen-bond donors (Lipinski definition) is 1. The molecule has 0 unspecified atom stereocenters. The van der Waals surface area contributed by atoms with Crippen molar-refractivity contribution in [1.29, 1.82) is 0 Å². The number of benzene rings is 1. The molecule has 1 N–H and O–H groups in total. The number of amides is 1. The van der Waals surface area contributed by atoms with Crippen LogP contribution in [0.4, 0.5) is 5.69 Å². The highest BCUT2D eigenvalue weighted by Crippen LogP contribution is 2.13. The maximum atomic E-state index is 11.8. The second-order valence-electron chi connectivity index (χ2n) is 4.03. The molecule has 1 aromatic rings. The number of ether oxygens (including phenoxy) is 1. The molecule has 0 atom stereocenters. The average Bonchev–Trinajstić information content (AvgIpc) is 2.38. The van der Waals surface area contributed by atoms with Gasteiger partial charge in [-0.15, -0.1) is 0 Å². The molecule has 0 aliphatic heterocycles. The van der Waals surface area contributed by atoms with E-state index in [1.807, 2.05) is 31.1 Å². The Morgan fingerprint density at radius 3 is 2.67 bits per heavy atom. The van der Waals surface area contributed by atoms with Gasteiger partial charge in [0.05, 0.1) is 13.5 Å². The highest BCUT2D eigenvalue weighted by atomic mass is 16.5. The van der Waals surface area contributed by atoms with Crippen LogP contribution in [0.25, 0.3) is 0 Å². The summed E-state index contributed by atoms with van der Waals surface area (Å²) in [6, 6.07) is 7.28. The van der Waals surface area contributed by atoms with Gasteiger partial charge < -0.3 is 15.0 Å². The molecule has 0 radical (unpaired) electrons. The van der Waals surface area contributed by atoms with Gasteiger partial charge in [-0.2, -0.15) is 0 Å². The van der Waals surface area contributed by atoms with Gasteiger partial charge in [-0.25, -0.2) is 0 Å². The molecule has 18 heavy (non-hydrogen) atoms. The first kappa shape index (κ1) is 14.0. The van der Waals surface area contributed by atoms with Crippen LogP contribution in [0.1, 0.15) is 16.8 Å². The third-order valence-electron chi connectivity index (χ3n) is 2.47. The van der Waals surface area contributed by atoms with Crippen molar-refractivity contribution in [3.8, 4) is 0 Å². The third kappa shape index (κ3) is 4.08. The summed E-state index contributed by atoms with van der Waals surface area (Å²) in [6.45, 7) is 0.275. The van der Waals surface area contributed by atoms with E-state index in [-0.39, 0.29) is 24.8 Å². The third-order valence-corrected chi connectivity index (χ3v) is 2.47. The van der Waals surface area contributed by atoms with Gasteiger partial charge >= 0.3 is 5.97 Å². The van der Waals surface area contributed by atoms with Crippen LogP contribution < -0.4 is 10.2 Å². The van der Waals surface area contributed by atoms with E-state index in [0.717, 1.165) is 5.69 Å². The summed E-state index contributed by atoms with van der Waals surface area (Å²) in [5.74, 6) is -0.528. The summed E-state index contributed by atoms with van der Waals surface area (Å²) < 4.78 is 4.49. The molecule has 98 valence electrons. The number of nitrogens with one attached hydrogen (secondary N) is 1. The van der Waals surface area contributed by atoms with Gasteiger partial charge in [0.2, 0.25) is 0 Å². The maximum absolute atomic E-state index is 11.8. The first-order chi connectivity index (χ1) is 8.54. The Morgan fingerprint density at radius 2 is 2.06 bits per heavy atom. The van der Waals surface area contributed by atoms with Gasteiger partial charge in [-0.1, -0.05) is 6.07 Å². The summed E-state index contributed by atoms with van der Waals surface area (Å²) in [5, 5.41) is 2.67. The Bertz CT molecular complexity index is 430. The molecule has 0 aliphatic carbocycles. The Balaban J connectivity index is 2.56. The molecule has 0 bridgehead atoms. The number of esters is 1. The normalized spacial score (nSPS) is 9.72. The SMILES string of the molecule is COC(=O)CCNC(=O)c1cccc(N(C)C)c1. The van der Waals surface area contributed by atoms with Crippen molar-refractivity contribution in [2.45, 2.75) is 6.42 Å². The van der Waals surface area contributed by atoms with E-state index in [1.165, 1.54) is 7.11 Å². The number of carbonyl (C=O) groups is 2. The maximum Gasteiger partial charge on any atom is 0.307 e. The van der Waals surface area contributed by atoms with Crippen molar-refractivity contribution in [2.75, 3.05) is 32.6 Å². The zero-order valence-corrected chi connectivity index (χ0v) is 10.9. The molecular weight excluding hydrogens is 232 g/mol. The number of rotatable bonds is 5. The minimum atomic E-state index is -0.336. The van der Waals surface area contributed by atoms with Crippen LogP contribution in [-0.4, -0.2) is 39.6 Å². The number of methoxy groups -OCH3 is 1. The molecule has 0 heterocycles. The lowest BCUT2D eigenvalue weighted by Crippen LogP contribution is -2.26. The fourth-order valence-electron chi connectivity index (χ4n) is 1.41. The Labute approximate surface area is 107 Å². The van der Waals surface area contributed by atoms with E-state index in [2.05, 4.69) is 10.1 Å². The molecule has 0 aromatic heterocycles. The van der Waals surface area contributed by atoms with Gasteiger partial charge in [0.15, 0.2) is 0 Å². The van der Waals surface area contributed by atoms with Crippen LogP contribution in [0.3, 0.4) is 0 Å². The zero-order chi connectivity index (χ0) is 13.5. The predicted octanol–water partition coefficient (Wildman–Crippen LogP) is 1.05. The number of hydrogen-bond acceptors (Lipinski definition) is 4. The van der Waals surface area contributed by atoms with Crippen molar-refractivity contribution in [3.05, 3.63) is 29.8 Å². The molecule has 0 fully saturated rings. The van der Waals surface area contributed by atoms with Crippen LogP contribution in [-0.2, 0) is 9.53 Å². The molecule has 0 aliphatic rings. The molecule has 0 saturated heterocycles. The second kappa shape index (κ2) is 6.64. The fraction of sp³-hybridized carbons (Fsp3) is 0.385. The zero-order valence-electron chi connectivity index (χ0n) is 10.9. The van der Waals surface area contributed by atoms with Crippen molar-refractivity contribution in [3.63, 3.8) is 0 Å². The Hall–Kier alpha value is -2.04. The number of carbonyl (C=O) groups excluding carboxylic acids is 2. The van der Waals surface area contributed by atoms with E-state index in [9.17, 15) is 9.59 Å². The lowest BCUT2D eigenvalue weighted by atomic mass is 10.2. The smallest absolute Gasteiger partial charge is 0.307 e. The van der Waals surface area contributed by atoms with Crippen molar-refractivity contribution < 1.29 is 14.3 Å². The molecule has 0 spiro atoms. The van der Waals surface area contributed by atoms with E-state index in [1.54, 1.807) is 12.1 Å². The summed E-state index contributed by atoms with van der Waals surface area (Å²) in [7, 11) is 5.15. The van der Waals surface area contributed by atoms with Gasteiger partial charge in [-0.3, -0.25) is 9.59 Å². The summed E-state index contributed by atoms with van der Waals surface area (Å²) in [5.41, 5.74) is 1.53. The fourth-order valence-corrected chi connectivity index (χ4v) is 1.41. The highest BCUT2D eigenvalue weighted by Gasteiger charge is 2.07. The lowest BCUT2D eigenvalue weighted by Gasteiger charge is -2.13. The molecule has 5 nitrogen and oxygen atoms in total. The topological polar surface area (TPSA) is 58.6 Å². The van der Waals surface area contributed by atoms with Crippen molar-refractivity contribution >= 4 is 17.6 Å². The molecule has 5 heteroatoms. The standard InChI is InChI=1S/C13H18N2O3/c1-15(2)11-6-4-5-10(9-11)13(17)14-8-7-12(16)18-3/h4-6,9H,7-8H2,1-3H3,(H,14,17). The first-order valence-corrected chi connectivity index (χ1v) is 5.67. The van der Waals surface area contributed by atoms with Gasteiger partial charge in [-0.05, 0) is 18.2 Å². The largest absolute Gasteiger partial charge is 0.469 e. The minimum Gasteiger partial charge on any atom is -0.469 e. The van der Waals surface area contributed by atoms with E-state index in [0.29, 0.717) is 5.56 Å². The van der Waals surface area contributed by atoms with Crippen LogP contribution >= 0.6 is 0 Å². The van der Waals surface area contributed by atoms with Gasteiger partial charge in [0.25, 0.3) is 5.91 Å². The lowest BCUT2D eigenvalue weighted by molar-refractivity contribution is -0.140. The average molecular weight is 250 g/mol. The molecule has 1 amide bonds. The molecule has 0 saturated carbocycles. The quantitative estimate of drug-likeness (QED) is 0.793. The number of nitrogens with zero attached hydrogens (tertiary/aromatic N) is 1. The predicted molar refractivity (Wildman–Crippen MR) is 69.7 cm³/mol. The molecule has 1 aromatic carbocycles. The second-order valence-corrected chi connectivity index (χ2v) is 4.03. The Morgan fingerprint density at radius 1 is 1.33 bits per heavy atom. The molecule has 1 rings (SSSR count). The van der Waals surface area contributed by atoms with Crippen molar-refractivity contribution in [1.82, 2.24) is 5.32 Å². The van der Waals surface area contributed by atoms with Crippen LogP contribution in [0.5, 0.6) is 0 Å². The first-order valence-electron chi connectivity index (χ1n) is 5.67. The van der Waals surface area contributed by atoms with Crippen LogP contribution in [0, 0.1) is 0 Å². The summed E-state index contributed by atoms with van der Waals surface area (Å²) in [6.07, 6.45) is 0.176. The van der Waals surface area contributed by atoms with Gasteiger partial charge in [0.1, 0.15) is 0 Å². The molecular formula is C13H18N2O3. The van der Waals surface area contributed by atoms with Crippen LogP contribution in [0.2, 0.25) is 0 Å². The number of anilines is 1. The minimum absolute atomic E-state index is 0.176. The monoisotopic (exact) mass is 250 g/mol. The van der Waals surface area contributed by atoms with E-state index in [4.69, 9.17) is 0 Å². The Kier molecular flexibility index (Phi) is 5.17. The van der Waals surface area contributed by atoms with Crippen molar-refractivity contribution in [2.24, 2.45) is 0 Å². The van der Waals surface area contributed by atoms with E-state index >= 15 is 0 Å². The van der Waals surface area contributed by atoms with Gasteiger partial charge in [0, 0.05) is 31.9 Å². The van der Waals surface area contributed by atoms with E-state index < -0.39 is 0 Å².